The van der Waals surface area contributed by atoms with E-state index in [4.69, 9.17) is 9.47 Å². The van der Waals surface area contributed by atoms with E-state index in [1.807, 2.05) is 36.1 Å². The maximum absolute atomic E-state index is 12.4. The van der Waals surface area contributed by atoms with Gasteiger partial charge >= 0.3 is 6.09 Å². The van der Waals surface area contributed by atoms with Crippen LogP contribution in [0.25, 0.3) is 0 Å². The Labute approximate surface area is 135 Å². The van der Waals surface area contributed by atoms with E-state index in [0.29, 0.717) is 45.5 Å². The molecule has 2 saturated heterocycles. The van der Waals surface area contributed by atoms with E-state index >= 15 is 0 Å². The Hall–Kier alpha value is -2.24. The molecule has 0 atom stereocenters. The quantitative estimate of drug-likeness (QED) is 0.918. The predicted octanol–water partition coefficient (Wildman–Crippen LogP) is 1.73. The van der Waals surface area contributed by atoms with Crippen LogP contribution in [0.1, 0.15) is 25.3 Å². The third kappa shape index (κ3) is 3.57. The summed E-state index contributed by atoms with van der Waals surface area (Å²) in [6.07, 6.45) is 1.43. The van der Waals surface area contributed by atoms with Crippen molar-refractivity contribution in [1.29, 1.82) is 0 Å². The molecule has 0 aliphatic carbocycles. The number of hydrogen-bond donors (Lipinski definition) is 1. The van der Waals surface area contributed by atoms with Crippen molar-refractivity contribution in [2.75, 3.05) is 26.2 Å². The molecule has 0 unspecified atom stereocenters. The first-order chi connectivity index (χ1) is 11.1. The summed E-state index contributed by atoms with van der Waals surface area (Å²) in [6.45, 7) is 4.38. The number of nitrogens with one attached hydrogen (secondary N) is 1. The standard InChI is InChI=1S/C17H22N2O4/c1-2-22-14-5-3-13(4-6-14)11-15(20)19-9-7-17(8-10-19)12-18-16(21)23-17/h3-6H,2,7-12H2,1H3,(H,18,21). The van der Waals surface area contributed by atoms with Gasteiger partial charge in [0.25, 0.3) is 0 Å². The van der Waals surface area contributed by atoms with Crippen LogP contribution in [-0.2, 0) is 16.0 Å². The highest BCUT2D eigenvalue weighted by Crippen LogP contribution is 2.29. The molecule has 0 bridgehead atoms. The molecule has 1 N–H and O–H groups in total. The largest absolute Gasteiger partial charge is 0.494 e. The van der Waals surface area contributed by atoms with Gasteiger partial charge in [0.1, 0.15) is 11.4 Å². The van der Waals surface area contributed by atoms with Gasteiger partial charge in [0.05, 0.1) is 19.6 Å². The van der Waals surface area contributed by atoms with Gasteiger partial charge in [-0.25, -0.2) is 4.79 Å². The second kappa shape index (κ2) is 6.48. The molecule has 124 valence electrons. The van der Waals surface area contributed by atoms with Gasteiger partial charge in [-0.15, -0.1) is 0 Å². The van der Waals surface area contributed by atoms with Crippen LogP contribution < -0.4 is 10.1 Å². The van der Waals surface area contributed by atoms with Gasteiger partial charge in [0.15, 0.2) is 0 Å². The van der Waals surface area contributed by atoms with Gasteiger partial charge in [-0.3, -0.25) is 4.79 Å². The zero-order valence-electron chi connectivity index (χ0n) is 13.3. The minimum Gasteiger partial charge on any atom is -0.494 e. The molecule has 2 fully saturated rings. The van der Waals surface area contributed by atoms with E-state index in [2.05, 4.69) is 5.32 Å². The summed E-state index contributed by atoms with van der Waals surface area (Å²) in [5.41, 5.74) is 0.570. The molecule has 6 nitrogen and oxygen atoms in total. The van der Waals surface area contributed by atoms with E-state index in [9.17, 15) is 9.59 Å². The third-order valence-electron chi connectivity index (χ3n) is 4.48. The Bertz CT molecular complexity index is 577. The highest BCUT2D eigenvalue weighted by atomic mass is 16.6. The van der Waals surface area contributed by atoms with Crippen molar-refractivity contribution in [1.82, 2.24) is 10.2 Å². The molecule has 1 aromatic carbocycles. The Morgan fingerprint density at radius 3 is 2.57 bits per heavy atom. The molecule has 0 aromatic heterocycles. The van der Waals surface area contributed by atoms with Crippen molar-refractivity contribution in [3.05, 3.63) is 29.8 Å². The Balaban J connectivity index is 1.52. The fourth-order valence-electron chi connectivity index (χ4n) is 3.10. The van der Waals surface area contributed by atoms with Crippen LogP contribution in [0.4, 0.5) is 4.79 Å². The lowest BCUT2D eigenvalue weighted by molar-refractivity contribution is -0.133. The SMILES string of the molecule is CCOc1ccc(CC(=O)N2CCC3(CC2)CNC(=O)O3)cc1. The molecule has 2 amide bonds. The summed E-state index contributed by atoms with van der Waals surface area (Å²) in [5.74, 6) is 0.931. The first-order valence-electron chi connectivity index (χ1n) is 8.07. The molecule has 6 heteroatoms. The van der Waals surface area contributed by atoms with E-state index in [0.717, 1.165) is 11.3 Å². The summed E-state index contributed by atoms with van der Waals surface area (Å²) in [5, 5.41) is 2.70. The number of ether oxygens (including phenoxy) is 2. The molecule has 2 aliphatic rings. The lowest BCUT2D eigenvalue weighted by atomic mass is 9.91. The van der Waals surface area contributed by atoms with Crippen molar-refractivity contribution < 1.29 is 19.1 Å². The van der Waals surface area contributed by atoms with Crippen molar-refractivity contribution in [2.45, 2.75) is 31.8 Å². The van der Waals surface area contributed by atoms with E-state index in [1.54, 1.807) is 0 Å². The maximum atomic E-state index is 12.4. The molecular weight excluding hydrogens is 296 g/mol. The van der Waals surface area contributed by atoms with Crippen molar-refractivity contribution in [2.24, 2.45) is 0 Å². The number of likely N-dealkylation sites (tertiary alicyclic amines) is 1. The number of benzene rings is 1. The minimum absolute atomic E-state index is 0.112. The monoisotopic (exact) mass is 318 g/mol. The van der Waals surface area contributed by atoms with Crippen LogP contribution >= 0.6 is 0 Å². The lowest BCUT2D eigenvalue weighted by Gasteiger charge is -2.37. The molecule has 1 aromatic rings. The fourth-order valence-corrected chi connectivity index (χ4v) is 3.10. The average Bonchev–Trinajstić information content (AvgIpc) is 2.91. The summed E-state index contributed by atoms with van der Waals surface area (Å²) >= 11 is 0. The number of carbonyl (C=O) groups excluding carboxylic acids is 2. The molecule has 2 heterocycles. The number of rotatable bonds is 4. The van der Waals surface area contributed by atoms with E-state index in [-0.39, 0.29) is 12.0 Å². The summed E-state index contributed by atoms with van der Waals surface area (Å²) < 4.78 is 10.8. The molecular formula is C17H22N2O4. The number of amides is 2. The van der Waals surface area contributed by atoms with Crippen molar-refractivity contribution >= 4 is 12.0 Å². The number of piperidine rings is 1. The molecule has 3 rings (SSSR count). The second-order valence-corrected chi connectivity index (χ2v) is 6.06. The first kappa shape index (κ1) is 15.6. The molecule has 1 spiro atoms. The second-order valence-electron chi connectivity index (χ2n) is 6.06. The maximum Gasteiger partial charge on any atom is 0.407 e. The highest BCUT2D eigenvalue weighted by molar-refractivity contribution is 5.79. The van der Waals surface area contributed by atoms with Gasteiger partial charge in [-0.2, -0.15) is 0 Å². The normalized spacial score (nSPS) is 19.3. The topological polar surface area (TPSA) is 67.9 Å². The molecule has 0 radical (unpaired) electrons. The highest BCUT2D eigenvalue weighted by Gasteiger charge is 2.43. The van der Waals surface area contributed by atoms with Crippen LogP contribution in [0.5, 0.6) is 5.75 Å². The number of hydrogen-bond acceptors (Lipinski definition) is 4. The summed E-state index contributed by atoms with van der Waals surface area (Å²) in [7, 11) is 0. The number of alkyl carbamates (subject to hydrolysis) is 1. The lowest BCUT2D eigenvalue weighted by Crippen LogP contribution is -2.48. The zero-order chi connectivity index (χ0) is 16.3. The third-order valence-corrected chi connectivity index (χ3v) is 4.48. The zero-order valence-corrected chi connectivity index (χ0v) is 13.3. The van der Waals surface area contributed by atoms with Crippen LogP contribution in [0, 0.1) is 0 Å². The Morgan fingerprint density at radius 1 is 1.30 bits per heavy atom. The molecule has 23 heavy (non-hydrogen) atoms. The van der Waals surface area contributed by atoms with Gasteiger partial charge in [-0.05, 0) is 24.6 Å². The first-order valence-corrected chi connectivity index (χ1v) is 8.07. The minimum atomic E-state index is -0.410. The van der Waals surface area contributed by atoms with E-state index < -0.39 is 5.60 Å². The molecule has 0 saturated carbocycles. The van der Waals surface area contributed by atoms with Crippen LogP contribution in [0.2, 0.25) is 0 Å². The summed E-state index contributed by atoms with van der Waals surface area (Å²) in [4.78, 5) is 25.5. The van der Waals surface area contributed by atoms with Gasteiger partial charge < -0.3 is 19.7 Å². The number of carbonyl (C=O) groups is 2. The van der Waals surface area contributed by atoms with Gasteiger partial charge in [0, 0.05) is 25.9 Å². The smallest absolute Gasteiger partial charge is 0.407 e. The number of nitrogens with zero attached hydrogens (tertiary/aromatic N) is 1. The van der Waals surface area contributed by atoms with Crippen molar-refractivity contribution in [3.63, 3.8) is 0 Å². The predicted molar refractivity (Wildman–Crippen MR) is 84.3 cm³/mol. The fraction of sp³-hybridized carbons (Fsp3) is 0.529. The van der Waals surface area contributed by atoms with Gasteiger partial charge in [0.2, 0.25) is 5.91 Å². The van der Waals surface area contributed by atoms with Crippen molar-refractivity contribution in [3.8, 4) is 5.75 Å². The van der Waals surface area contributed by atoms with Crippen LogP contribution in [0.15, 0.2) is 24.3 Å². The summed E-state index contributed by atoms with van der Waals surface area (Å²) in [6, 6.07) is 7.63. The Morgan fingerprint density at radius 2 is 2.00 bits per heavy atom. The van der Waals surface area contributed by atoms with Gasteiger partial charge in [-0.1, -0.05) is 12.1 Å². The Kier molecular flexibility index (Phi) is 4.41. The van der Waals surface area contributed by atoms with Crippen LogP contribution in [0.3, 0.4) is 0 Å². The molecule has 2 aliphatic heterocycles. The van der Waals surface area contributed by atoms with E-state index in [1.165, 1.54) is 0 Å². The average molecular weight is 318 g/mol. The van der Waals surface area contributed by atoms with Crippen LogP contribution in [-0.4, -0.2) is 48.7 Å².